The summed E-state index contributed by atoms with van der Waals surface area (Å²) in [7, 11) is 0. The Morgan fingerprint density at radius 1 is 0.810 bits per heavy atom. The zero-order valence-corrected chi connectivity index (χ0v) is 11.8. The van der Waals surface area contributed by atoms with Crippen LogP contribution >= 0.6 is 0 Å². The molecule has 0 saturated heterocycles. The quantitative estimate of drug-likeness (QED) is 0.767. The van der Waals surface area contributed by atoms with Crippen LogP contribution in [0.2, 0.25) is 0 Å². The van der Waals surface area contributed by atoms with Gasteiger partial charge in [-0.15, -0.1) is 0 Å². The van der Waals surface area contributed by atoms with E-state index in [0.29, 0.717) is 6.42 Å². The first-order valence-corrected chi connectivity index (χ1v) is 7.21. The number of benzene rings is 3. The Morgan fingerprint density at radius 2 is 1.48 bits per heavy atom. The van der Waals surface area contributed by atoms with Crippen LogP contribution in [0.4, 0.5) is 0 Å². The minimum atomic E-state index is -0.670. The lowest BCUT2D eigenvalue weighted by molar-refractivity contribution is 0.147. The number of hydrogen-bond donors (Lipinski definition) is 2. The Hall–Kier alpha value is -2.16. The molecule has 0 saturated carbocycles. The molecule has 0 aliphatic rings. The second kappa shape index (κ2) is 6.08. The standard InChI is InChI=1S/C19H19NO/c20-18(13-14-7-2-1-3-8-14)19(21)17-12-6-10-15-9-4-5-11-16(15)17/h1-12,18-19,21H,13,20H2. The SMILES string of the molecule is NC(Cc1ccccc1)C(O)c1cccc2ccccc12. The Kier molecular flexibility index (Phi) is 4.00. The highest BCUT2D eigenvalue weighted by atomic mass is 16.3. The number of fused-ring (bicyclic) bond motifs is 1. The predicted molar refractivity (Wildman–Crippen MR) is 87.0 cm³/mol. The van der Waals surface area contributed by atoms with Crippen molar-refractivity contribution in [2.24, 2.45) is 5.73 Å². The average molecular weight is 277 g/mol. The zero-order chi connectivity index (χ0) is 14.7. The Labute approximate surface area is 124 Å². The second-order valence-electron chi connectivity index (χ2n) is 5.37. The lowest BCUT2D eigenvalue weighted by atomic mass is 9.93. The third kappa shape index (κ3) is 2.97. The summed E-state index contributed by atoms with van der Waals surface area (Å²) in [5.74, 6) is 0. The molecule has 2 unspecified atom stereocenters. The molecule has 106 valence electrons. The third-order valence-corrected chi connectivity index (χ3v) is 3.86. The highest BCUT2D eigenvalue weighted by Crippen LogP contribution is 2.26. The third-order valence-electron chi connectivity index (χ3n) is 3.86. The fourth-order valence-corrected chi connectivity index (χ4v) is 2.74. The van der Waals surface area contributed by atoms with Gasteiger partial charge >= 0.3 is 0 Å². The van der Waals surface area contributed by atoms with Crippen molar-refractivity contribution in [3.63, 3.8) is 0 Å². The van der Waals surface area contributed by atoms with Crippen molar-refractivity contribution in [3.8, 4) is 0 Å². The second-order valence-corrected chi connectivity index (χ2v) is 5.37. The van der Waals surface area contributed by atoms with Crippen molar-refractivity contribution in [1.29, 1.82) is 0 Å². The van der Waals surface area contributed by atoms with E-state index in [1.165, 1.54) is 0 Å². The van der Waals surface area contributed by atoms with Crippen LogP contribution in [0.15, 0.2) is 72.8 Å². The molecule has 3 aromatic rings. The molecule has 0 aliphatic carbocycles. The van der Waals surface area contributed by atoms with Gasteiger partial charge in [-0.1, -0.05) is 72.8 Å². The summed E-state index contributed by atoms with van der Waals surface area (Å²) in [5, 5.41) is 12.8. The lowest BCUT2D eigenvalue weighted by Crippen LogP contribution is -2.30. The van der Waals surface area contributed by atoms with Crippen LogP contribution in [-0.2, 0) is 6.42 Å². The van der Waals surface area contributed by atoms with Gasteiger partial charge in [0.05, 0.1) is 6.10 Å². The molecule has 21 heavy (non-hydrogen) atoms. The highest BCUT2D eigenvalue weighted by Gasteiger charge is 2.19. The molecular weight excluding hydrogens is 258 g/mol. The van der Waals surface area contributed by atoms with E-state index in [0.717, 1.165) is 21.9 Å². The van der Waals surface area contributed by atoms with E-state index in [9.17, 15) is 5.11 Å². The molecule has 2 heteroatoms. The van der Waals surface area contributed by atoms with Gasteiger partial charge in [0.2, 0.25) is 0 Å². The molecule has 3 rings (SSSR count). The van der Waals surface area contributed by atoms with Gasteiger partial charge in [0.15, 0.2) is 0 Å². The summed E-state index contributed by atoms with van der Waals surface area (Å²) < 4.78 is 0. The number of aliphatic hydroxyl groups excluding tert-OH is 1. The first-order valence-electron chi connectivity index (χ1n) is 7.21. The van der Waals surface area contributed by atoms with Gasteiger partial charge in [-0.2, -0.15) is 0 Å². The van der Waals surface area contributed by atoms with Gasteiger partial charge in [-0.25, -0.2) is 0 Å². The molecule has 2 nitrogen and oxygen atoms in total. The highest BCUT2D eigenvalue weighted by molar-refractivity contribution is 5.86. The van der Waals surface area contributed by atoms with E-state index >= 15 is 0 Å². The Bertz CT molecular complexity index is 718. The maximum absolute atomic E-state index is 10.6. The van der Waals surface area contributed by atoms with Crippen LogP contribution in [0, 0.1) is 0 Å². The van der Waals surface area contributed by atoms with Crippen molar-refractivity contribution in [3.05, 3.63) is 83.9 Å². The van der Waals surface area contributed by atoms with Crippen LogP contribution in [-0.4, -0.2) is 11.1 Å². The molecule has 3 N–H and O–H groups in total. The molecule has 0 aromatic heterocycles. The van der Waals surface area contributed by atoms with Gasteiger partial charge in [0.1, 0.15) is 0 Å². The van der Waals surface area contributed by atoms with E-state index in [2.05, 4.69) is 0 Å². The van der Waals surface area contributed by atoms with Gasteiger partial charge in [0.25, 0.3) is 0 Å². The number of aliphatic hydroxyl groups is 1. The van der Waals surface area contributed by atoms with E-state index < -0.39 is 6.10 Å². The summed E-state index contributed by atoms with van der Waals surface area (Å²) in [4.78, 5) is 0. The zero-order valence-electron chi connectivity index (χ0n) is 11.8. The summed E-state index contributed by atoms with van der Waals surface area (Å²) in [6, 6.07) is 23.8. The van der Waals surface area contributed by atoms with Crippen LogP contribution in [0.3, 0.4) is 0 Å². The van der Waals surface area contributed by atoms with Crippen LogP contribution in [0.25, 0.3) is 10.8 Å². The topological polar surface area (TPSA) is 46.2 Å². The molecule has 0 spiro atoms. The molecule has 0 aliphatic heterocycles. The van der Waals surface area contributed by atoms with Gasteiger partial charge < -0.3 is 10.8 Å². The van der Waals surface area contributed by atoms with Crippen LogP contribution < -0.4 is 5.73 Å². The normalized spacial score (nSPS) is 14.0. The largest absolute Gasteiger partial charge is 0.387 e. The maximum atomic E-state index is 10.6. The molecule has 0 bridgehead atoms. The first kappa shape index (κ1) is 13.8. The molecular formula is C19H19NO. The minimum absolute atomic E-state index is 0.321. The number of rotatable bonds is 4. The van der Waals surface area contributed by atoms with E-state index in [4.69, 9.17) is 5.73 Å². The van der Waals surface area contributed by atoms with Crippen molar-refractivity contribution in [2.45, 2.75) is 18.6 Å². The van der Waals surface area contributed by atoms with Gasteiger partial charge in [-0.05, 0) is 28.3 Å². The van der Waals surface area contributed by atoms with Crippen molar-refractivity contribution >= 4 is 10.8 Å². The predicted octanol–water partition coefficient (Wildman–Crippen LogP) is 3.44. The Balaban J connectivity index is 1.88. The molecule has 0 radical (unpaired) electrons. The summed E-state index contributed by atoms with van der Waals surface area (Å²) in [5.41, 5.74) is 8.26. The first-order chi connectivity index (χ1) is 10.3. The van der Waals surface area contributed by atoms with Crippen molar-refractivity contribution in [1.82, 2.24) is 0 Å². The number of nitrogens with two attached hydrogens (primary N) is 1. The maximum Gasteiger partial charge on any atom is 0.0950 e. The monoisotopic (exact) mass is 277 g/mol. The summed E-state index contributed by atoms with van der Waals surface area (Å²) in [6.07, 6.45) is -0.0121. The van der Waals surface area contributed by atoms with Gasteiger partial charge in [-0.3, -0.25) is 0 Å². The van der Waals surface area contributed by atoms with Crippen molar-refractivity contribution in [2.75, 3.05) is 0 Å². The fourth-order valence-electron chi connectivity index (χ4n) is 2.74. The lowest BCUT2D eigenvalue weighted by Gasteiger charge is -2.21. The van der Waals surface area contributed by atoms with Crippen LogP contribution in [0.5, 0.6) is 0 Å². The molecule has 3 aromatic carbocycles. The van der Waals surface area contributed by atoms with Crippen LogP contribution in [0.1, 0.15) is 17.2 Å². The molecule has 0 heterocycles. The van der Waals surface area contributed by atoms with Crippen molar-refractivity contribution < 1.29 is 5.11 Å². The minimum Gasteiger partial charge on any atom is -0.387 e. The molecule has 0 fully saturated rings. The Morgan fingerprint density at radius 3 is 2.29 bits per heavy atom. The molecule has 0 amide bonds. The average Bonchev–Trinajstić information content (AvgIpc) is 2.54. The van der Waals surface area contributed by atoms with Gasteiger partial charge in [0, 0.05) is 6.04 Å². The smallest absolute Gasteiger partial charge is 0.0950 e. The summed E-state index contributed by atoms with van der Waals surface area (Å²) in [6.45, 7) is 0. The molecule has 2 atom stereocenters. The van der Waals surface area contributed by atoms with E-state index in [-0.39, 0.29) is 6.04 Å². The van der Waals surface area contributed by atoms with E-state index in [1.807, 2.05) is 72.8 Å². The number of hydrogen-bond acceptors (Lipinski definition) is 2. The summed E-state index contributed by atoms with van der Waals surface area (Å²) >= 11 is 0. The van der Waals surface area contributed by atoms with E-state index in [1.54, 1.807) is 0 Å². The fraction of sp³-hybridized carbons (Fsp3) is 0.158.